The summed E-state index contributed by atoms with van der Waals surface area (Å²) in [5.74, 6) is -2.90. The number of fused-ring (bicyclic) bond motifs is 8. The number of allylic oxidation sites excluding steroid dienone is 1. The minimum atomic E-state index is -1.21. The molecule has 2 aliphatic heterocycles. The summed E-state index contributed by atoms with van der Waals surface area (Å²) in [4.78, 5) is 67.2. The summed E-state index contributed by atoms with van der Waals surface area (Å²) in [6.07, 6.45) is 8.27. The molecule has 5 heterocycles. The van der Waals surface area contributed by atoms with Crippen molar-refractivity contribution in [2.24, 2.45) is 11.8 Å². The van der Waals surface area contributed by atoms with Gasteiger partial charge in [0.05, 0.1) is 13.7 Å². The van der Waals surface area contributed by atoms with Crippen molar-refractivity contribution < 1.29 is 28.7 Å². The largest absolute Gasteiger partial charge is 2.00 e. The summed E-state index contributed by atoms with van der Waals surface area (Å²) in [7, 11) is 1.26. The van der Waals surface area contributed by atoms with Gasteiger partial charge in [-0.05, 0) is 52.9 Å². The van der Waals surface area contributed by atoms with E-state index in [1.54, 1.807) is 13.8 Å². The van der Waals surface area contributed by atoms with E-state index in [-0.39, 0.29) is 53.8 Å². The SMILES string of the molecule is CCOC(=O)CC[C@H]1C(C)=C2/C=c3\[n-]/c(c(CC)c3C)=C\c3[n-]c(c(CC)c3C=O)/C=c3\[n-]c4c(c3C)C(=O)[C@H](C(=O)OC)C=4C1[N-]2.[Mg+2]. The number of esters is 2. The average molecular weight is 659 g/mol. The second-order valence-electron chi connectivity index (χ2n) is 12.2. The van der Waals surface area contributed by atoms with Gasteiger partial charge < -0.3 is 29.7 Å². The Morgan fingerprint density at radius 2 is 1.58 bits per heavy atom. The summed E-state index contributed by atoms with van der Waals surface area (Å²) in [6.45, 7) is 11.9. The Morgan fingerprint density at radius 1 is 0.896 bits per heavy atom. The topological polar surface area (TPSA) is 143 Å². The molecule has 3 aliphatic rings. The van der Waals surface area contributed by atoms with Crippen LogP contribution in [0.15, 0.2) is 11.3 Å². The van der Waals surface area contributed by atoms with Crippen LogP contribution in [0.3, 0.4) is 0 Å². The number of carbonyl (C=O) groups is 4. The number of ether oxygens (including phenoxy) is 2. The zero-order chi connectivity index (χ0) is 33.7. The Bertz CT molecular complexity index is 2130. The molecular weight excluding hydrogens is 621 g/mol. The van der Waals surface area contributed by atoms with Crippen LogP contribution < -0.4 is 36.3 Å². The molecule has 10 nitrogen and oxygen atoms in total. The molecule has 0 spiro atoms. The first-order valence-corrected chi connectivity index (χ1v) is 16.2. The van der Waals surface area contributed by atoms with Gasteiger partial charge in [-0.1, -0.05) is 71.5 Å². The standard InChI is InChI=1S/C37H39N4O6.Mg/c1-8-20-17(4)24-13-25-18(5)22(11-12-30(43)47-10-3)34(40-25)32-33(37(45)46-7)36(44)31-19(6)26(41-35(31)32)14-28-21(9-2)23(16-42)29(39-28)15-27(20)38-24;/h13-16,22,33-34H,8-12H2,1-7H3,(H-,38,39,42,44);/q-3;+2/p-1/b24-13-;/t22-,33+,34?;/m0./s1. The van der Waals surface area contributed by atoms with Crippen molar-refractivity contribution in [3.05, 3.63) is 82.8 Å². The molecule has 0 saturated carbocycles. The van der Waals surface area contributed by atoms with Crippen molar-refractivity contribution in [1.82, 2.24) is 15.0 Å². The fourth-order valence-electron chi connectivity index (χ4n) is 7.39. The van der Waals surface area contributed by atoms with E-state index in [0.717, 1.165) is 45.7 Å². The number of ketones is 1. The molecule has 48 heavy (non-hydrogen) atoms. The Kier molecular flexibility index (Phi) is 10.1. The smallest absolute Gasteiger partial charge is 0.678 e. The van der Waals surface area contributed by atoms with E-state index in [9.17, 15) is 19.2 Å². The van der Waals surface area contributed by atoms with Gasteiger partial charge in [0.15, 0.2) is 5.78 Å². The third-order valence-electron chi connectivity index (χ3n) is 9.84. The van der Waals surface area contributed by atoms with Crippen LogP contribution in [0.2, 0.25) is 0 Å². The van der Waals surface area contributed by atoms with E-state index in [2.05, 4.69) is 6.92 Å². The van der Waals surface area contributed by atoms with Crippen molar-refractivity contribution in [1.29, 1.82) is 0 Å². The van der Waals surface area contributed by atoms with Crippen LogP contribution in [-0.4, -0.2) is 66.8 Å². The fraction of sp³-hybridized carbons (Fsp3) is 0.405. The maximum absolute atomic E-state index is 14.1. The molecule has 3 aromatic rings. The molecule has 0 saturated heterocycles. The molecule has 0 amide bonds. The number of Topliss-reactive ketones (excluding diaryl/α,β-unsaturated/α-hetero) is 1. The molecule has 3 aromatic heterocycles. The van der Waals surface area contributed by atoms with Crippen LogP contribution in [0.25, 0.3) is 29.1 Å². The number of hydrogen-bond acceptors (Lipinski definition) is 6. The van der Waals surface area contributed by atoms with E-state index >= 15 is 0 Å². The molecule has 0 radical (unpaired) electrons. The molecular formula is C37H38MgN4O6-2. The Balaban J connectivity index is 0.00000451. The van der Waals surface area contributed by atoms with E-state index in [1.165, 1.54) is 7.11 Å². The monoisotopic (exact) mass is 658 g/mol. The van der Waals surface area contributed by atoms with Crippen LogP contribution in [0, 0.1) is 25.7 Å². The Labute approximate surface area is 295 Å². The van der Waals surface area contributed by atoms with Gasteiger partial charge in [-0.15, -0.1) is 38.5 Å². The van der Waals surface area contributed by atoms with Crippen molar-refractivity contribution in [3.63, 3.8) is 0 Å². The minimum Gasteiger partial charge on any atom is -0.678 e. The number of nitrogens with zero attached hydrogens (tertiary/aromatic N) is 4. The summed E-state index contributed by atoms with van der Waals surface area (Å²) in [5.41, 5.74) is 7.47. The molecule has 0 aromatic carbocycles. The normalized spacial score (nSPS) is 21.3. The molecule has 0 fully saturated rings. The third-order valence-corrected chi connectivity index (χ3v) is 9.84. The zero-order valence-electron chi connectivity index (χ0n) is 28.5. The Morgan fingerprint density at radius 3 is 2.23 bits per heavy atom. The Hall–Kier alpha value is -4.09. The number of aldehydes is 1. The summed E-state index contributed by atoms with van der Waals surface area (Å²) in [6, 6.07) is -0.650. The predicted octanol–water partition coefficient (Wildman–Crippen LogP) is 1.31. The first kappa shape index (κ1) is 35.2. The quantitative estimate of drug-likeness (QED) is 0.152. The van der Waals surface area contributed by atoms with E-state index in [4.69, 9.17) is 29.7 Å². The first-order valence-electron chi connectivity index (χ1n) is 16.2. The van der Waals surface area contributed by atoms with E-state index in [1.807, 2.05) is 39.0 Å². The van der Waals surface area contributed by atoms with Gasteiger partial charge >= 0.3 is 35.0 Å². The van der Waals surface area contributed by atoms with Crippen LogP contribution >= 0.6 is 0 Å². The molecule has 3 atom stereocenters. The second kappa shape index (κ2) is 13.8. The fourth-order valence-corrected chi connectivity index (χ4v) is 7.39. The molecule has 0 N–H and O–H groups in total. The zero-order valence-corrected chi connectivity index (χ0v) is 29.9. The molecule has 246 valence electrons. The molecule has 1 unspecified atom stereocenters. The maximum Gasteiger partial charge on any atom is 2.00 e. The van der Waals surface area contributed by atoms with Crippen LogP contribution in [-0.2, 0) is 31.9 Å². The maximum atomic E-state index is 14.1. The predicted molar refractivity (Wildman–Crippen MR) is 181 cm³/mol. The third kappa shape index (κ3) is 5.60. The van der Waals surface area contributed by atoms with Crippen molar-refractivity contribution in [3.8, 4) is 0 Å². The number of hydrogen-bond donors (Lipinski definition) is 0. The van der Waals surface area contributed by atoms with Crippen molar-refractivity contribution >= 4 is 70.9 Å². The molecule has 1 aliphatic carbocycles. The number of carbonyl (C=O) groups excluding carboxylic acids is 4. The van der Waals surface area contributed by atoms with Gasteiger partial charge in [0, 0.05) is 17.5 Å². The van der Waals surface area contributed by atoms with Gasteiger partial charge in [-0.25, -0.2) is 0 Å². The number of rotatable bonds is 8. The van der Waals surface area contributed by atoms with Gasteiger partial charge in [-0.2, -0.15) is 0 Å². The number of aromatic nitrogens is 3. The van der Waals surface area contributed by atoms with Crippen molar-refractivity contribution in [2.45, 2.75) is 73.3 Å². The van der Waals surface area contributed by atoms with Crippen molar-refractivity contribution in [2.75, 3.05) is 13.7 Å². The van der Waals surface area contributed by atoms with Crippen LogP contribution in [0.4, 0.5) is 0 Å². The second-order valence-corrected chi connectivity index (χ2v) is 12.2. The van der Waals surface area contributed by atoms with Gasteiger partial charge in [0.1, 0.15) is 12.2 Å². The van der Waals surface area contributed by atoms with Gasteiger partial charge in [0.25, 0.3) is 0 Å². The van der Waals surface area contributed by atoms with Gasteiger partial charge in [-0.3, -0.25) is 19.2 Å². The van der Waals surface area contributed by atoms with Crippen LogP contribution in [0.1, 0.15) is 94.9 Å². The minimum absolute atomic E-state index is 0. The van der Waals surface area contributed by atoms with E-state index < -0.39 is 17.9 Å². The van der Waals surface area contributed by atoms with E-state index in [0.29, 0.717) is 62.9 Å². The summed E-state index contributed by atoms with van der Waals surface area (Å²) >= 11 is 0. The first-order chi connectivity index (χ1) is 22.6. The average Bonchev–Trinajstić information content (AvgIpc) is 3.80. The van der Waals surface area contributed by atoms with Gasteiger partial charge in [0.2, 0.25) is 0 Å². The summed E-state index contributed by atoms with van der Waals surface area (Å²) in [5, 5.41) is 7.58. The molecule has 6 rings (SSSR count). The van der Waals surface area contributed by atoms with Crippen LogP contribution in [0.5, 0.6) is 0 Å². The summed E-state index contributed by atoms with van der Waals surface area (Å²) < 4.78 is 10.4. The molecule has 8 bridgehead atoms. The number of methoxy groups -OCH3 is 1. The molecule has 11 heteroatoms.